The van der Waals surface area contributed by atoms with Gasteiger partial charge in [0, 0.05) is 23.1 Å². The van der Waals surface area contributed by atoms with Crippen molar-refractivity contribution < 1.29 is 4.79 Å². The molecule has 0 saturated heterocycles. The summed E-state index contributed by atoms with van der Waals surface area (Å²) >= 11 is 0. The zero-order chi connectivity index (χ0) is 16.1. The van der Waals surface area contributed by atoms with Crippen molar-refractivity contribution in [2.24, 2.45) is 11.8 Å². The summed E-state index contributed by atoms with van der Waals surface area (Å²) in [5, 5.41) is 15.6. The zero-order valence-corrected chi connectivity index (χ0v) is 13.6. The number of benzene rings is 1. The van der Waals surface area contributed by atoms with Gasteiger partial charge in [-0.15, -0.1) is 0 Å². The Morgan fingerprint density at radius 1 is 1.32 bits per heavy atom. The number of carbonyl (C=O) groups is 1. The quantitative estimate of drug-likeness (QED) is 0.496. The number of hydrogen-bond acceptors (Lipinski definition) is 3. The molecule has 3 nitrogen and oxygen atoms in total. The van der Waals surface area contributed by atoms with Gasteiger partial charge >= 0.3 is 0 Å². The molecular formula is C19H26N2O. The van der Waals surface area contributed by atoms with Crippen LogP contribution in [0.2, 0.25) is 0 Å². The molecule has 3 heteroatoms. The predicted octanol–water partition coefficient (Wildman–Crippen LogP) is 4.86. The van der Waals surface area contributed by atoms with Gasteiger partial charge in [0.05, 0.1) is 0 Å². The SMILES string of the molecule is CCCC(=N)CC(C=N)C(C)c1ccc(C(=O)C2CC2)cc1. The highest BCUT2D eigenvalue weighted by atomic mass is 16.1. The normalized spacial score (nSPS) is 16.8. The third-order valence-corrected chi connectivity index (χ3v) is 4.56. The minimum atomic E-state index is 0.0593. The van der Waals surface area contributed by atoms with Crippen LogP contribution in [0.25, 0.3) is 0 Å². The molecule has 2 unspecified atom stereocenters. The molecule has 0 heterocycles. The average molecular weight is 298 g/mol. The lowest BCUT2D eigenvalue weighted by atomic mass is 9.84. The number of nitrogens with one attached hydrogen (secondary N) is 2. The van der Waals surface area contributed by atoms with Gasteiger partial charge in [-0.3, -0.25) is 4.79 Å². The maximum Gasteiger partial charge on any atom is 0.165 e. The zero-order valence-electron chi connectivity index (χ0n) is 13.6. The molecule has 2 atom stereocenters. The van der Waals surface area contributed by atoms with E-state index in [2.05, 4.69) is 13.8 Å². The lowest BCUT2D eigenvalue weighted by Crippen LogP contribution is -2.16. The van der Waals surface area contributed by atoms with E-state index in [4.69, 9.17) is 10.8 Å². The van der Waals surface area contributed by atoms with E-state index in [1.54, 1.807) is 0 Å². The number of carbonyl (C=O) groups excluding carboxylic acids is 1. The Bertz CT molecular complexity index is 543. The number of rotatable bonds is 9. The van der Waals surface area contributed by atoms with Crippen LogP contribution in [0.1, 0.15) is 67.8 Å². The Hall–Kier alpha value is -1.77. The molecule has 1 fully saturated rings. The largest absolute Gasteiger partial charge is 0.313 e. The number of ketones is 1. The van der Waals surface area contributed by atoms with E-state index in [0.717, 1.165) is 42.5 Å². The summed E-state index contributed by atoms with van der Waals surface area (Å²) in [6.07, 6.45) is 5.99. The van der Waals surface area contributed by atoms with Crippen LogP contribution >= 0.6 is 0 Å². The molecule has 1 aromatic carbocycles. The Balaban J connectivity index is 2.03. The topological polar surface area (TPSA) is 64.8 Å². The van der Waals surface area contributed by atoms with Gasteiger partial charge in [-0.25, -0.2) is 0 Å². The monoisotopic (exact) mass is 298 g/mol. The highest BCUT2D eigenvalue weighted by Gasteiger charge is 2.30. The van der Waals surface area contributed by atoms with Crippen LogP contribution in [0.15, 0.2) is 24.3 Å². The lowest BCUT2D eigenvalue weighted by molar-refractivity contribution is 0.0967. The third kappa shape index (κ3) is 4.12. The lowest BCUT2D eigenvalue weighted by Gasteiger charge is -2.21. The van der Waals surface area contributed by atoms with E-state index in [0.29, 0.717) is 6.42 Å². The van der Waals surface area contributed by atoms with Crippen LogP contribution in [-0.2, 0) is 0 Å². The molecule has 0 spiro atoms. The summed E-state index contributed by atoms with van der Waals surface area (Å²) in [5.74, 6) is 0.781. The molecule has 118 valence electrons. The van der Waals surface area contributed by atoms with Crippen LogP contribution in [0.5, 0.6) is 0 Å². The van der Waals surface area contributed by atoms with Gasteiger partial charge in [-0.05, 0) is 43.4 Å². The standard InChI is InChI=1S/C19H26N2O/c1-3-4-18(21)11-17(12-20)13(2)14-5-7-15(8-6-14)19(22)16-9-10-16/h5-8,12-13,16-17,20-21H,3-4,9-11H2,1-2H3. The van der Waals surface area contributed by atoms with E-state index in [-0.39, 0.29) is 23.5 Å². The Morgan fingerprint density at radius 2 is 1.95 bits per heavy atom. The molecule has 1 saturated carbocycles. The minimum absolute atomic E-state index is 0.0593. The highest BCUT2D eigenvalue weighted by Crippen LogP contribution is 2.33. The highest BCUT2D eigenvalue weighted by molar-refractivity contribution is 5.99. The van der Waals surface area contributed by atoms with Gasteiger partial charge < -0.3 is 10.8 Å². The molecule has 1 aliphatic rings. The second kappa shape index (κ2) is 7.48. The van der Waals surface area contributed by atoms with Gasteiger partial charge in [-0.2, -0.15) is 0 Å². The maximum atomic E-state index is 12.0. The minimum Gasteiger partial charge on any atom is -0.313 e. The first kappa shape index (κ1) is 16.6. The average Bonchev–Trinajstić information content (AvgIpc) is 3.36. The summed E-state index contributed by atoms with van der Waals surface area (Å²) in [5.41, 5.74) is 2.68. The van der Waals surface area contributed by atoms with Crippen molar-refractivity contribution in [1.82, 2.24) is 0 Å². The van der Waals surface area contributed by atoms with Crippen LogP contribution < -0.4 is 0 Å². The van der Waals surface area contributed by atoms with Crippen molar-refractivity contribution in [2.75, 3.05) is 0 Å². The smallest absolute Gasteiger partial charge is 0.165 e. The molecule has 1 aromatic rings. The fourth-order valence-corrected chi connectivity index (χ4v) is 2.85. The molecule has 2 rings (SSSR count). The first-order valence-corrected chi connectivity index (χ1v) is 8.27. The van der Waals surface area contributed by atoms with Gasteiger partial charge in [0.1, 0.15) is 0 Å². The number of Topliss-reactive ketones (excluding diaryl/α,β-unsaturated/α-hetero) is 1. The van der Waals surface area contributed by atoms with Gasteiger partial charge in [0.15, 0.2) is 5.78 Å². The Morgan fingerprint density at radius 3 is 2.45 bits per heavy atom. The molecular weight excluding hydrogens is 272 g/mol. The van der Waals surface area contributed by atoms with Gasteiger partial charge in [0.2, 0.25) is 0 Å². The van der Waals surface area contributed by atoms with E-state index >= 15 is 0 Å². The Labute approximate surface area is 133 Å². The predicted molar refractivity (Wildman–Crippen MR) is 91.4 cm³/mol. The van der Waals surface area contributed by atoms with Gasteiger partial charge in [-0.1, -0.05) is 44.5 Å². The molecule has 0 radical (unpaired) electrons. The molecule has 0 aliphatic heterocycles. The van der Waals surface area contributed by atoms with Crippen molar-refractivity contribution in [3.05, 3.63) is 35.4 Å². The summed E-state index contributed by atoms with van der Waals surface area (Å²) in [6, 6.07) is 7.87. The van der Waals surface area contributed by atoms with E-state index < -0.39 is 0 Å². The Kier molecular flexibility index (Phi) is 5.64. The summed E-state index contributed by atoms with van der Waals surface area (Å²) < 4.78 is 0. The van der Waals surface area contributed by atoms with Crippen LogP contribution in [0.3, 0.4) is 0 Å². The van der Waals surface area contributed by atoms with Crippen LogP contribution in [0.4, 0.5) is 0 Å². The molecule has 0 bridgehead atoms. The van der Waals surface area contributed by atoms with Crippen LogP contribution in [-0.4, -0.2) is 17.7 Å². The van der Waals surface area contributed by atoms with E-state index in [1.807, 2.05) is 24.3 Å². The summed E-state index contributed by atoms with van der Waals surface area (Å²) in [7, 11) is 0. The molecule has 1 aliphatic carbocycles. The molecule has 0 aromatic heterocycles. The molecule has 2 N–H and O–H groups in total. The van der Waals surface area contributed by atoms with Crippen molar-refractivity contribution in [2.45, 2.75) is 51.9 Å². The van der Waals surface area contributed by atoms with Crippen LogP contribution in [0, 0.1) is 22.7 Å². The fourth-order valence-electron chi connectivity index (χ4n) is 2.85. The van der Waals surface area contributed by atoms with Crippen molar-refractivity contribution in [3.63, 3.8) is 0 Å². The van der Waals surface area contributed by atoms with E-state index in [9.17, 15) is 4.79 Å². The fraction of sp³-hybridized carbons (Fsp3) is 0.526. The van der Waals surface area contributed by atoms with E-state index in [1.165, 1.54) is 6.21 Å². The second-order valence-corrected chi connectivity index (χ2v) is 6.44. The summed E-state index contributed by atoms with van der Waals surface area (Å²) in [6.45, 7) is 4.18. The summed E-state index contributed by atoms with van der Waals surface area (Å²) in [4.78, 5) is 12.0. The number of hydrogen-bond donors (Lipinski definition) is 2. The van der Waals surface area contributed by atoms with Crippen molar-refractivity contribution >= 4 is 17.7 Å². The van der Waals surface area contributed by atoms with Crippen molar-refractivity contribution in [3.8, 4) is 0 Å². The maximum absolute atomic E-state index is 12.0. The van der Waals surface area contributed by atoms with Crippen molar-refractivity contribution in [1.29, 1.82) is 10.8 Å². The molecule has 0 amide bonds. The van der Waals surface area contributed by atoms with Gasteiger partial charge in [0.25, 0.3) is 0 Å². The molecule has 22 heavy (non-hydrogen) atoms. The third-order valence-electron chi connectivity index (χ3n) is 4.56. The first-order chi connectivity index (χ1) is 10.6. The first-order valence-electron chi connectivity index (χ1n) is 8.27. The second-order valence-electron chi connectivity index (χ2n) is 6.44.